The second-order valence-electron chi connectivity index (χ2n) is 5.66. The lowest BCUT2D eigenvalue weighted by molar-refractivity contribution is 0.590. The number of hydrogen-bond acceptors (Lipinski definition) is 2. The van der Waals surface area contributed by atoms with Gasteiger partial charge in [0, 0.05) is 6.54 Å². The van der Waals surface area contributed by atoms with Gasteiger partial charge in [-0.2, -0.15) is 0 Å². The van der Waals surface area contributed by atoms with Crippen molar-refractivity contribution < 1.29 is 8.42 Å². The van der Waals surface area contributed by atoms with E-state index in [1.807, 2.05) is 70.2 Å². The molecule has 2 rings (SSSR count). The van der Waals surface area contributed by atoms with E-state index in [-0.39, 0.29) is 0 Å². The standard InChI is InChI=1S/C19H25NO2S/c1-5-16-11-12-17(6-2)19(14-16)23(21,22)20(7-3)18-10-8-9-15(4)13-18/h8-14H,5-7H2,1-4H3. The molecule has 0 saturated carbocycles. The summed E-state index contributed by atoms with van der Waals surface area (Å²) in [6.07, 6.45) is 1.52. The second-order valence-corrected chi connectivity index (χ2v) is 7.49. The molecule has 0 N–H and O–H groups in total. The minimum atomic E-state index is -3.56. The molecule has 0 heterocycles. The van der Waals surface area contributed by atoms with Gasteiger partial charge in [0.1, 0.15) is 0 Å². The molecule has 0 aliphatic carbocycles. The zero-order valence-electron chi connectivity index (χ0n) is 14.3. The maximum atomic E-state index is 13.2. The lowest BCUT2D eigenvalue weighted by Crippen LogP contribution is -2.31. The number of aryl methyl sites for hydroxylation is 3. The molecule has 2 aromatic rings. The molecular weight excluding hydrogens is 306 g/mol. The van der Waals surface area contributed by atoms with Crippen LogP contribution in [0, 0.1) is 6.92 Å². The van der Waals surface area contributed by atoms with Crippen LogP contribution in [0.3, 0.4) is 0 Å². The summed E-state index contributed by atoms with van der Waals surface area (Å²) in [6, 6.07) is 13.4. The van der Waals surface area contributed by atoms with Crippen molar-refractivity contribution >= 4 is 15.7 Å². The van der Waals surface area contributed by atoms with E-state index in [0.717, 1.165) is 28.8 Å². The highest BCUT2D eigenvalue weighted by molar-refractivity contribution is 7.92. The molecule has 0 bridgehead atoms. The van der Waals surface area contributed by atoms with E-state index in [9.17, 15) is 8.42 Å². The number of sulfonamides is 1. The molecule has 0 unspecified atom stereocenters. The minimum Gasteiger partial charge on any atom is -0.267 e. The number of nitrogens with zero attached hydrogens (tertiary/aromatic N) is 1. The minimum absolute atomic E-state index is 0.408. The predicted octanol–water partition coefficient (Wildman–Crippen LogP) is 4.34. The van der Waals surface area contributed by atoms with Crippen LogP contribution < -0.4 is 4.31 Å². The highest BCUT2D eigenvalue weighted by atomic mass is 32.2. The third kappa shape index (κ3) is 3.58. The monoisotopic (exact) mass is 331 g/mol. The van der Waals surface area contributed by atoms with Crippen LogP contribution in [-0.4, -0.2) is 15.0 Å². The number of rotatable bonds is 6. The van der Waals surface area contributed by atoms with Crippen LogP contribution >= 0.6 is 0 Å². The van der Waals surface area contributed by atoms with Crippen molar-refractivity contribution in [3.8, 4) is 0 Å². The van der Waals surface area contributed by atoms with Crippen molar-refractivity contribution in [2.45, 2.75) is 45.4 Å². The Labute approximate surface area is 140 Å². The van der Waals surface area contributed by atoms with Crippen LogP contribution in [0.4, 0.5) is 5.69 Å². The number of benzene rings is 2. The fourth-order valence-electron chi connectivity index (χ4n) is 2.74. The lowest BCUT2D eigenvalue weighted by Gasteiger charge is -2.25. The molecule has 23 heavy (non-hydrogen) atoms. The molecular formula is C19H25NO2S. The largest absolute Gasteiger partial charge is 0.267 e. The molecule has 3 nitrogen and oxygen atoms in total. The average Bonchev–Trinajstić information content (AvgIpc) is 2.54. The van der Waals surface area contributed by atoms with Gasteiger partial charge in [-0.25, -0.2) is 8.42 Å². The first kappa shape index (κ1) is 17.5. The summed E-state index contributed by atoms with van der Waals surface area (Å²) in [5.41, 5.74) is 3.68. The average molecular weight is 331 g/mol. The van der Waals surface area contributed by atoms with Gasteiger partial charge in [-0.1, -0.05) is 38.1 Å². The zero-order chi connectivity index (χ0) is 17.0. The highest BCUT2D eigenvalue weighted by Crippen LogP contribution is 2.27. The van der Waals surface area contributed by atoms with Crippen molar-refractivity contribution in [3.05, 3.63) is 59.2 Å². The van der Waals surface area contributed by atoms with E-state index in [1.54, 1.807) is 0 Å². The second kappa shape index (κ2) is 7.18. The van der Waals surface area contributed by atoms with Crippen LogP contribution in [0.25, 0.3) is 0 Å². The molecule has 0 fully saturated rings. The fourth-order valence-corrected chi connectivity index (χ4v) is 4.56. The molecule has 0 aliphatic heterocycles. The summed E-state index contributed by atoms with van der Waals surface area (Å²) in [7, 11) is -3.56. The van der Waals surface area contributed by atoms with Gasteiger partial charge in [0.25, 0.3) is 10.0 Å². The summed E-state index contributed by atoms with van der Waals surface area (Å²) in [5.74, 6) is 0. The molecule has 0 atom stereocenters. The smallest absolute Gasteiger partial charge is 0.264 e. The third-order valence-electron chi connectivity index (χ3n) is 4.07. The SMILES string of the molecule is CCc1ccc(CC)c(S(=O)(=O)N(CC)c2cccc(C)c2)c1. The van der Waals surface area contributed by atoms with Crippen LogP contribution in [-0.2, 0) is 22.9 Å². The topological polar surface area (TPSA) is 37.4 Å². The molecule has 0 amide bonds. The Balaban J connectivity index is 2.59. The fraction of sp³-hybridized carbons (Fsp3) is 0.368. The first-order valence-electron chi connectivity index (χ1n) is 8.15. The first-order chi connectivity index (χ1) is 10.9. The van der Waals surface area contributed by atoms with Crippen LogP contribution in [0.15, 0.2) is 47.4 Å². The van der Waals surface area contributed by atoms with Crippen LogP contribution in [0.5, 0.6) is 0 Å². The van der Waals surface area contributed by atoms with Crippen molar-refractivity contribution in [1.29, 1.82) is 0 Å². The van der Waals surface area contributed by atoms with E-state index in [4.69, 9.17) is 0 Å². The summed E-state index contributed by atoms with van der Waals surface area (Å²) in [4.78, 5) is 0.433. The quantitative estimate of drug-likeness (QED) is 0.790. The first-order valence-corrected chi connectivity index (χ1v) is 9.59. The van der Waals surface area contributed by atoms with Crippen molar-refractivity contribution in [2.24, 2.45) is 0 Å². The third-order valence-corrected chi connectivity index (χ3v) is 6.05. The van der Waals surface area contributed by atoms with Crippen molar-refractivity contribution in [2.75, 3.05) is 10.8 Å². The molecule has 0 aromatic heterocycles. The highest BCUT2D eigenvalue weighted by Gasteiger charge is 2.26. The normalized spacial score (nSPS) is 11.5. The van der Waals surface area contributed by atoms with E-state index in [0.29, 0.717) is 17.9 Å². The maximum Gasteiger partial charge on any atom is 0.264 e. The van der Waals surface area contributed by atoms with Gasteiger partial charge in [0.2, 0.25) is 0 Å². The van der Waals surface area contributed by atoms with Crippen molar-refractivity contribution in [3.63, 3.8) is 0 Å². The van der Waals surface area contributed by atoms with Gasteiger partial charge in [0.05, 0.1) is 10.6 Å². The molecule has 0 aliphatic rings. The Morgan fingerprint density at radius 2 is 1.70 bits per heavy atom. The van der Waals surface area contributed by atoms with Gasteiger partial charge < -0.3 is 0 Å². The molecule has 0 radical (unpaired) electrons. The van der Waals surface area contributed by atoms with E-state index in [2.05, 4.69) is 0 Å². The Bertz CT molecular complexity index is 782. The number of hydrogen-bond donors (Lipinski definition) is 0. The lowest BCUT2D eigenvalue weighted by atomic mass is 10.1. The Kier molecular flexibility index (Phi) is 5.47. The van der Waals surface area contributed by atoms with Gasteiger partial charge in [-0.15, -0.1) is 0 Å². The molecule has 0 spiro atoms. The predicted molar refractivity (Wildman–Crippen MR) is 96.6 cm³/mol. The zero-order valence-corrected chi connectivity index (χ0v) is 15.2. The van der Waals surface area contributed by atoms with Crippen molar-refractivity contribution in [1.82, 2.24) is 0 Å². The van der Waals surface area contributed by atoms with Crippen LogP contribution in [0.2, 0.25) is 0 Å². The molecule has 0 saturated heterocycles. The summed E-state index contributed by atoms with van der Waals surface area (Å²) >= 11 is 0. The van der Waals surface area contributed by atoms with E-state index >= 15 is 0 Å². The maximum absolute atomic E-state index is 13.2. The van der Waals surface area contributed by atoms with Gasteiger partial charge in [0.15, 0.2) is 0 Å². The summed E-state index contributed by atoms with van der Waals surface area (Å²) in [5, 5.41) is 0. The van der Waals surface area contributed by atoms with Gasteiger partial charge >= 0.3 is 0 Å². The Morgan fingerprint density at radius 3 is 2.26 bits per heavy atom. The van der Waals surface area contributed by atoms with E-state index < -0.39 is 10.0 Å². The summed E-state index contributed by atoms with van der Waals surface area (Å²) < 4.78 is 28.0. The van der Waals surface area contributed by atoms with E-state index in [1.165, 1.54) is 4.31 Å². The number of anilines is 1. The molecule has 2 aromatic carbocycles. The van der Waals surface area contributed by atoms with Gasteiger partial charge in [-0.3, -0.25) is 4.31 Å². The Hall–Kier alpha value is -1.81. The van der Waals surface area contributed by atoms with Gasteiger partial charge in [-0.05, 0) is 61.6 Å². The van der Waals surface area contributed by atoms with Crippen LogP contribution in [0.1, 0.15) is 37.5 Å². The Morgan fingerprint density at radius 1 is 0.957 bits per heavy atom. The molecule has 124 valence electrons. The molecule has 4 heteroatoms. The summed E-state index contributed by atoms with van der Waals surface area (Å²) in [6.45, 7) is 8.28.